The molecule has 2 rings (SSSR count). The summed E-state index contributed by atoms with van der Waals surface area (Å²) in [6, 6.07) is 3.87. The Hall–Kier alpha value is -1.95. The van der Waals surface area contributed by atoms with E-state index in [-0.39, 0.29) is 29.1 Å². The smallest absolute Gasteiger partial charge is 0.339 e. The molecule has 1 aromatic rings. The number of esters is 1. The fraction of sp³-hybridized carbons (Fsp3) is 0.467. The highest BCUT2D eigenvalue weighted by Gasteiger charge is 2.26. The number of rotatable bonds is 3. The lowest BCUT2D eigenvalue weighted by Gasteiger charge is -2.27. The zero-order valence-corrected chi connectivity index (χ0v) is 12.1. The second kappa shape index (κ2) is 6.67. The molecule has 0 aliphatic carbocycles. The van der Waals surface area contributed by atoms with Crippen molar-refractivity contribution >= 4 is 17.6 Å². The predicted octanol–water partition coefficient (Wildman–Crippen LogP) is 1.94. The lowest BCUT2D eigenvalue weighted by molar-refractivity contribution is -0.120. The summed E-state index contributed by atoms with van der Waals surface area (Å²) in [6.07, 6.45) is 1.44. The molecule has 1 aromatic carbocycles. The maximum atomic E-state index is 13.4. The van der Waals surface area contributed by atoms with Crippen molar-refractivity contribution in [2.75, 3.05) is 19.0 Å². The van der Waals surface area contributed by atoms with Gasteiger partial charge in [-0.15, -0.1) is 0 Å². The molecular formula is C15H19FN2O3. The fourth-order valence-corrected chi connectivity index (χ4v) is 2.51. The van der Waals surface area contributed by atoms with Crippen molar-refractivity contribution in [2.24, 2.45) is 5.92 Å². The van der Waals surface area contributed by atoms with Crippen molar-refractivity contribution in [2.45, 2.75) is 25.8 Å². The molecule has 2 unspecified atom stereocenters. The Bertz CT molecular complexity index is 548. The van der Waals surface area contributed by atoms with Crippen molar-refractivity contribution in [1.82, 2.24) is 5.32 Å². The Morgan fingerprint density at radius 2 is 2.19 bits per heavy atom. The summed E-state index contributed by atoms with van der Waals surface area (Å²) in [4.78, 5) is 23.9. The summed E-state index contributed by atoms with van der Waals surface area (Å²) in [7, 11) is 1.24. The highest BCUT2D eigenvalue weighted by atomic mass is 19.1. The molecule has 0 aromatic heterocycles. The number of hydrogen-bond acceptors (Lipinski definition) is 4. The zero-order chi connectivity index (χ0) is 15.4. The number of anilines is 1. The van der Waals surface area contributed by atoms with Crippen LogP contribution in [0.5, 0.6) is 0 Å². The van der Waals surface area contributed by atoms with E-state index in [2.05, 4.69) is 15.4 Å². The number of carbonyl (C=O) groups is 2. The van der Waals surface area contributed by atoms with Crippen LogP contribution < -0.4 is 10.6 Å². The van der Waals surface area contributed by atoms with Crippen molar-refractivity contribution in [3.8, 4) is 0 Å². The van der Waals surface area contributed by atoms with Gasteiger partial charge < -0.3 is 15.4 Å². The topological polar surface area (TPSA) is 67.4 Å². The average Bonchev–Trinajstić information content (AvgIpc) is 2.46. The van der Waals surface area contributed by atoms with Crippen LogP contribution in [-0.2, 0) is 9.53 Å². The van der Waals surface area contributed by atoms with E-state index in [9.17, 15) is 14.0 Å². The number of halogens is 1. The zero-order valence-electron chi connectivity index (χ0n) is 12.1. The Labute approximate surface area is 122 Å². The number of nitrogens with one attached hydrogen (secondary N) is 2. The van der Waals surface area contributed by atoms with Gasteiger partial charge in [-0.25, -0.2) is 9.18 Å². The first-order valence-corrected chi connectivity index (χ1v) is 6.93. The number of piperidine rings is 1. The average molecular weight is 294 g/mol. The number of methoxy groups -OCH3 is 1. The number of amides is 1. The van der Waals surface area contributed by atoms with Gasteiger partial charge >= 0.3 is 5.97 Å². The monoisotopic (exact) mass is 294 g/mol. The molecular weight excluding hydrogens is 275 g/mol. The Kier molecular flexibility index (Phi) is 4.90. The van der Waals surface area contributed by atoms with Crippen molar-refractivity contribution in [1.29, 1.82) is 0 Å². The minimum Gasteiger partial charge on any atom is -0.465 e. The first kappa shape index (κ1) is 15.4. The van der Waals surface area contributed by atoms with Crippen molar-refractivity contribution in [3.05, 3.63) is 29.6 Å². The Morgan fingerprint density at radius 1 is 1.43 bits per heavy atom. The van der Waals surface area contributed by atoms with Gasteiger partial charge in [0.2, 0.25) is 5.91 Å². The molecule has 5 nitrogen and oxygen atoms in total. The van der Waals surface area contributed by atoms with Gasteiger partial charge in [0.25, 0.3) is 0 Å². The molecule has 21 heavy (non-hydrogen) atoms. The van der Waals surface area contributed by atoms with E-state index in [0.29, 0.717) is 6.42 Å². The van der Waals surface area contributed by atoms with Crippen LogP contribution in [0.25, 0.3) is 0 Å². The lowest BCUT2D eigenvalue weighted by atomic mass is 9.92. The third kappa shape index (κ3) is 3.78. The summed E-state index contributed by atoms with van der Waals surface area (Å²) in [6.45, 7) is 2.79. The number of hydrogen-bond donors (Lipinski definition) is 2. The highest BCUT2D eigenvalue weighted by molar-refractivity contribution is 6.01. The molecule has 0 radical (unpaired) electrons. The third-order valence-corrected chi connectivity index (χ3v) is 3.64. The van der Waals surface area contributed by atoms with Crippen LogP contribution in [0.15, 0.2) is 18.2 Å². The Morgan fingerprint density at radius 3 is 2.86 bits per heavy atom. The van der Waals surface area contributed by atoms with Crippen molar-refractivity contribution in [3.63, 3.8) is 0 Å². The predicted molar refractivity (Wildman–Crippen MR) is 76.6 cm³/mol. The molecule has 0 bridgehead atoms. The molecule has 114 valence electrons. The van der Waals surface area contributed by atoms with Gasteiger partial charge in [0.1, 0.15) is 5.82 Å². The van der Waals surface area contributed by atoms with Crippen LogP contribution in [0.1, 0.15) is 30.1 Å². The fourth-order valence-electron chi connectivity index (χ4n) is 2.51. The van der Waals surface area contributed by atoms with Gasteiger partial charge in [0.05, 0.1) is 18.4 Å². The lowest BCUT2D eigenvalue weighted by Crippen LogP contribution is -2.40. The van der Waals surface area contributed by atoms with Crippen LogP contribution in [0, 0.1) is 11.7 Å². The van der Waals surface area contributed by atoms with E-state index in [1.54, 1.807) is 0 Å². The number of carbonyl (C=O) groups excluding carboxylic acids is 2. The van der Waals surface area contributed by atoms with Gasteiger partial charge in [-0.3, -0.25) is 4.79 Å². The third-order valence-electron chi connectivity index (χ3n) is 3.64. The van der Waals surface area contributed by atoms with Gasteiger partial charge in [-0.05, 0) is 44.5 Å². The molecule has 1 aliphatic rings. The van der Waals surface area contributed by atoms with Crippen molar-refractivity contribution < 1.29 is 18.7 Å². The molecule has 0 saturated carbocycles. The SMILES string of the molecule is COC(=O)c1ccc(F)cc1NC(=O)C1CCNC(C)C1. The van der Waals surface area contributed by atoms with E-state index >= 15 is 0 Å². The standard InChI is InChI=1S/C15H19FN2O3/c1-9-7-10(5-6-17-9)14(19)18-13-8-11(16)3-4-12(13)15(20)21-2/h3-4,8-10,17H,5-7H2,1-2H3,(H,18,19). The Balaban J connectivity index is 2.16. The normalized spacial score (nSPS) is 21.7. The largest absolute Gasteiger partial charge is 0.465 e. The van der Waals surface area contributed by atoms with Crippen LogP contribution in [0.3, 0.4) is 0 Å². The highest BCUT2D eigenvalue weighted by Crippen LogP contribution is 2.22. The van der Waals surface area contributed by atoms with E-state index in [0.717, 1.165) is 25.1 Å². The van der Waals surface area contributed by atoms with Gasteiger partial charge in [-0.1, -0.05) is 0 Å². The molecule has 2 atom stereocenters. The maximum absolute atomic E-state index is 13.4. The summed E-state index contributed by atoms with van der Waals surface area (Å²) in [5, 5.41) is 5.91. The van der Waals surface area contributed by atoms with Crippen LogP contribution >= 0.6 is 0 Å². The van der Waals surface area contributed by atoms with Crippen LogP contribution in [0.4, 0.5) is 10.1 Å². The van der Waals surface area contributed by atoms with Gasteiger partial charge in [-0.2, -0.15) is 0 Å². The second-order valence-electron chi connectivity index (χ2n) is 5.25. The number of benzene rings is 1. The molecule has 1 amide bonds. The molecule has 0 spiro atoms. The molecule has 1 fully saturated rings. The van der Waals surface area contributed by atoms with Crippen LogP contribution in [0.2, 0.25) is 0 Å². The second-order valence-corrected chi connectivity index (χ2v) is 5.25. The van der Waals surface area contributed by atoms with E-state index in [1.807, 2.05) is 6.92 Å². The molecule has 6 heteroatoms. The van der Waals surface area contributed by atoms with Gasteiger partial charge in [0.15, 0.2) is 0 Å². The summed E-state index contributed by atoms with van der Waals surface area (Å²) < 4.78 is 18.0. The van der Waals surface area contributed by atoms with E-state index in [1.165, 1.54) is 13.2 Å². The summed E-state index contributed by atoms with van der Waals surface area (Å²) >= 11 is 0. The first-order valence-electron chi connectivity index (χ1n) is 6.93. The van der Waals surface area contributed by atoms with Crippen LogP contribution in [-0.4, -0.2) is 31.6 Å². The van der Waals surface area contributed by atoms with E-state index < -0.39 is 11.8 Å². The minimum atomic E-state index is -0.607. The molecule has 1 saturated heterocycles. The molecule has 1 heterocycles. The number of ether oxygens (including phenoxy) is 1. The van der Waals surface area contributed by atoms with E-state index in [4.69, 9.17) is 0 Å². The minimum absolute atomic E-state index is 0.144. The summed E-state index contributed by atoms with van der Waals surface area (Å²) in [5.74, 6) is -1.46. The molecule has 1 aliphatic heterocycles. The summed E-state index contributed by atoms with van der Waals surface area (Å²) in [5.41, 5.74) is 0.298. The maximum Gasteiger partial charge on any atom is 0.339 e. The molecule has 2 N–H and O–H groups in total. The van der Waals surface area contributed by atoms with Gasteiger partial charge in [0, 0.05) is 12.0 Å². The first-order chi connectivity index (χ1) is 10.0. The quantitative estimate of drug-likeness (QED) is 0.836.